The molecule has 8 heteroatoms. The average Bonchev–Trinajstić information content (AvgIpc) is 2.57. The van der Waals surface area contributed by atoms with Crippen LogP contribution in [-0.4, -0.2) is 85.2 Å². The summed E-state index contributed by atoms with van der Waals surface area (Å²) in [5.41, 5.74) is -0.502. The van der Waals surface area contributed by atoms with E-state index in [2.05, 4.69) is 16.8 Å². The molecule has 0 bridgehead atoms. The molecule has 0 aliphatic carbocycles. The third-order valence-electron chi connectivity index (χ3n) is 5.64. The lowest BCUT2D eigenvalue weighted by Crippen LogP contribution is -2.80. The molecule has 3 aliphatic rings. The van der Waals surface area contributed by atoms with Crippen LogP contribution in [0.2, 0.25) is 0 Å². The van der Waals surface area contributed by atoms with Crippen molar-refractivity contribution in [3.63, 3.8) is 0 Å². The number of carbonyl (C=O) groups excluding carboxylic acids is 1. The van der Waals surface area contributed by atoms with E-state index in [0.717, 1.165) is 31.8 Å². The number of rotatable bonds is 1. The van der Waals surface area contributed by atoms with Gasteiger partial charge in [0.25, 0.3) is 5.91 Å². The fourth-order valence-electron chi connectivity index (χ4n) is 4.52. The topological polar surface area (TPSA) is 36.0 Å². The van der Waals surface area contributed by atoms with Crippen molar-refractivity contribution in [2.45, 2.75) is 17.8 Å². The second-order valence-electron chi connectivity index (χ2n) is 7.58. The van der Waals surface area contributed by atoms with Crippen LogP contribution >= 0.6 is 0 Å². The molecule has 3 fully saturated rings. The number of hydrogen-bond donors (Lipinski definition) is 0. The quantitative estimate of drug-likeness (QED) is 0.753. The fourth-order valence-corrected chi connectivity index (χ4v) is 4.52. The van der Waals surface area contributed by atoms with Gasteiger partial charge in [-0.25, -0.2) is 0 Å². The Morgan fingerprint density at radius 3 is 2.54 bits per heavy atom. The van der Waals surface area contributed by atoms with Gasteiger partial charge in [-0.05, 0) is 31.3 Å². The molecule has 0 aromatic heterocycles. The lowest BCUT2D eigenvalue weighted by Gasteiger charge is -2.63. The second kappa shape index (κ2) is 6.21. The predicted octanol–water partition coefficient (Wildman–Crippen LogP) is 1.55. The van der Waals surface area contributed by atoms with Crippen molar-refractivity contribution in [3.8, 4) is 0 Å². The van der Waals surface area contributed by atoms with Gasteiger partial charge in [0.2, 0.25) is 0 Å². The highest BCUT2D eigenvalue weighted by molar-refractivity contribution is 5.95. The lowest BCUT2D eigenvalue weighted by atomic mass is 9.82. The maximum atomic E-state index is 12.7. The highest BCUT2D eigenvalue weighted by atomic mass is 19.4. The number of carbonyl (C=O) groups is 1. The maximum absolute atomic E-state index is 12.7. The van der Waals surface area contributed by atoms with Gasteiger partial charge in [0.1, 0.15) is 0 Å². The normalized spacial score (nSPS) is 26.5. The molecule has 5 nitrogen and oxygen atoms in total. The summed E-state index contributed by atoms with van der Waals surface area (Å²) in [5.74, 6) is -0.206. The molecule has 1 unspecified atom stereocenters. The van der Waals surface area contributed by atoms with Crippen LogP contribution in [0.15, 0.2) is 24.3 Å². The van der Waals surface area contributed by atoms with E-state index in [1.807, 2.05) is 0 Å². The number of likely N-dealkylation sites (tertiary alicyclic amines) is 1. The molecule has 1 spiro atoms. The van der Waals surface area contributed by atoms with Crippen LogP contribution < -0.4 is 0 Å². The van der Waals surface area contributed by atoms with Gasteiger partial charge in [-0.3, -0.25) is 9.69 Å². The lowest BCUT2D eigenvalue weighted by molar-refractivity contribution is -0.152. The van der Waals surface area contributed by atoms with E-state index < -0.39 is 11.7 Å². The summed E-state index contributed by atoms with van der Waals surface area (Å²) < 4.78 is 43.6. The summed E-state index contributed by atoms with van der Waals surface area (Å²) in [6, 6.07) is 4.80. The Kier molecular flexibility index (Phi) is 4.24. The molecule has 1 aromatic carbocycles. The van der Waals surface area contributed by atoms with Crippen molar-refractivity contribution in [2.24, 2.45) is 0 Å². The van der Waals surface area contributed by atoms with Crippen LogP contribution in [0.4, 0.5) is 13.2 Å². The predicted molar refractivity (Wildman–Crippen MR) is 88.9 cm³/mol. The van der Waals surface area contributed by atoms with E-state index in [-0.39, 0.29) is 11.4 Å². The van der Waals surface area contributed by atoms with Gasteiger partial charge in [-0.1, -0.05) is 0 Å². The molecule has 0 N–H and O–H groups in total. The first-order valence-corrected chi connectivity index (χ1v) is 8.78. The smallest absolute Gasteiger partial charge is 0.378 e. The first kappa shape index (κ1) is 17.8. The van der Waals surface area contributed by atoms with Crippen LogP contribution in [-0.2, 0) is 10.9 Å². The third-order valence-corrected chi connectivity index (χ3v) is 5.64. The van der Waals surface area contributed by atoms with E-state index in [1.165, 1.54) is 12.1 Å². The molecule has 3 saturated heterocycles. The number of alkyl halides is 3. The van der Waals surface area contributed by atoms with Crippen molar-refractivity contribution in [1.82, 2.24) is 14.7 Å². The monoisotopic (exact) mass is 369 g/mol. The Bertz CT molecular complexity index is 686. The molecule has 142 valence electrons. The first-order valence-electron chi connectivity index (χ1n) is 8.78. The highest BCUT2D eigenvalue weighted by Gasteiger charge is 2.54. The van der Waals surface area contributed by atoms with Crippen LogP contribution in [0.3, 0.4) is 0 Å². The van der Waals surface area contributed by atoms with E-state index in [1.54, 1.807) is 4.90 Å². The zero-order valence-electron chi connectivity index (χ0n) is 14.6. The Balaban J connectivity index is 1.45. The number of hydrogen-bond acceptors (Lipinski definition) is 4. The summed E-state index contributed by atoms with van der Waals surface area (Å²) in [4.78, 5) is 19.1. The number of morpholine rings is 1. The Morgan fingerprint density at radius 2 is 1.88 bits per heavy atom. The van der Waals surface area contributed by atoms with Gasteiger partial charge in [0.15, 0.2) is 0 Å². The number of halogens is 3. The SMILES string of the molecule is CN1CC2COCCN2C2(C1)CN(C(=O)c1ccc(C(F)(F)F)cc1)C2. The van der Waals surface area contributed by atoms with E-state index in [4.69, 9.17) is 4.74 Å². The molecule has 4 rings (SSSR count). The highest BCUT2D eigenvalue weighted by Crippen LogP contribution is 2.36. The third kappa shape index (κ3) is 3.00. The van der Waals surface area contributed by atoms with Crippen LogP contribution in [0, 0.1) is 0 Å². The number of benzene rings is 1. The molecule has 3 aliphatic heterocycles. The number of ether oxygens (including phenoxy) is 1. The van der Waals surface area contributed by atoms with Gasteiger partial charge in [-0.2, -0.15) is 13.2 Å². The van der Waals surface area contributed by atoms with Crippen molar-refractivity contribution in [3.05, 3.63) is 35.4 Å². The largest absolute Gasteiger partial charge is 0.416 e. The van der Waals surface area contributed by atoms with E-state index in [9.17, 15) is 18.0 Å². The van der Waals surface area contributed by atoms with Crippen molar-refractivity contribution in [2.75, 3.05) is 53.0 Å². The second-order valence-corrected chi connectivity index (χ2v) is 7.58. The van der Waals surface area contributed by atoms with Gasteiger partial charge in [-0.15, -0.1) is 0 Å². The zero-order chi connectivity index (χ0) is 18.5. The number of nitrogens with zero attached hydrogens (tertiary/aromatic N) is 3. The van der Waals surface area contributed by atoms with Gasteiger partial charge < -0.3 is 14.5 Å². The minimum Gasteiger partial charge on any atom is -0.378 e. The minimum absolute atomic E-state index is 0.0665. The summed E-state index contributed by atoms with van der Waals surface area (Å²) in [5, 5.41) is 0. The molecular weight excluding hydrogens is 347 g/mol. The Morgan fingerprint density at radius 1 is 1.19 bits per heavy atom. The number of likely N-dealkylation sites (N-methyl/N-ethyl adjacent to an activating group) is 1. The number of piperazine rings is 1. The van der Waals surface area contributed by atoms with Gasteiger partial charge in [0.05, 0.1) is 24.3 Å². The van der Waals surface area contributed by atoms with E-state index in [0.29, 0.717) is 37.9 Å². The first-order chi connectivity index (χ1) is 12.3. The molecule has 0 radical (unpaired) electrons. The Hall–Kier alpha value is -1.64. The summed E-state index contributed by atoms with van der Waals surface area (Å²) in [6.45, 7) is 5.32. The van der Waals surface area contributed by atoms with Gasteiger partial charge >= 0.3 is 6.18 Å². The molecule has 26 heavy (non-hydrogen) atoms. The van der Waals surface area contributed by atoms with E-state index >= 15 is 0 Å². The fraction of sp³-hybridized carbons (Fsp3) is 0.611. The number of fused-ring (bicyclic) bond motifs is 2. The molecule has 1 atom stereocenters. The number of amides is 1. The molecule has 1 aromatic rings. The molecule has 0 saturated carbocycles. The zero-order valence-corrected chi connectivity index (χ0v) is 14.6. The van der Waals surface area contributed by atoms with Crippen molar-refractivity contribution < 1.29 is 22.7 Å². The summed E-state index contributed by atoms with van der Waals surface area (Å²) >= 11 is 0. The Labute approximate surface area is 150 Å². The van der Waals surface area contributed by atoms with Gasteiger partial charge in [0, 0.05) is 44.3 Å². The standard InChI is InChI=1S/C18H22F3N3O2/c1-22-8-15-9-26-7-6-24(15)17(10-22)11-23(12-17)16(25)13-2-4-14(5-3-13)18(19,20)21/h2-5,15H,6-12H2,1H3. The van der Waals surface area contributed by atoms with Crippen LogP contribution in [0.5, 0.6) is 0 Å². The van der Waals surface area contributed by atoms with Crippen molar-refractivity contribution in [1.29, 1.82) is 0 Å². The summed E-state index contributed by atoms with van der Waals surface area (Å²) in [6.07, 6.45) is -4.39. The minimum atomic E-state index is -4.39. The molecule has 3 heterocycles. The van der Waals surface area contributed by atoms with Crippen LogP contribution in [0.1, 0.15) is 15.9 Å². The maximum Gasteiger partial charge on any atom is 0.416 e. The van der Waals surface area contributed by atoms with Crippen LogP contribution in [0.25, 0.3) is 0 Å². The van der Waals surface area contributed by atoms with Crippen molar-refractivity contribution >= 4 is 5.91 Å². The average molecular weight is 369 g/mol. The molecule has 1 amide bonds. The summed E-state index contributed by atoms with van der Waals surface area (Å²) in [7, 11) is 2.08. The molecular formula is C18H22F3N3O2.